The van der Waals surface area contributed by atoms with E-state index in [1.807, 2.05) is 49.3 Å². The molecule has 0 aliphatic rings. The predicted octanol–water partition coefficient (Wildman–Crippen LogP) is 4.86. The minimum atomic E-state index is -0.109. The minimum absolute atomic E-state index is 0.109. The molecule has 0 bridgehead atoms. The Balaban J connectivity index is 1.88. The molecule has 4 aromatic rings. The highest BCUT2D eigenvalue weighted by Crippen LogP contribution is 2.32. The van der Waals surface area contributed by atoms with E-state index in [1.165, 1.54) is 0 Å². The Hall–Kier alpha value is -2.57. The van der Waals surface area contributed by atoms with Crippen molar-refractivity contribution in [2.45, 2.75) is 0 Å². The van der Waals surface area contributed by atoms with E-state index >= 15 is 0 Å². The maximum atomic E-state index is 13.0. The van der Waals surface area contributed by atoms with Gasteiger partial charge in [-0.05, 0) is 45.8 Å². The van der Waals surface area contributed by atoms with Crippen LogP contribution in [-0.2, 0) is 0 Å². The molecule has 7 heteroatoms. The van der Waals surface area contributed by atoms with E-state index in [9.17, 15) is 4.79 Å². The van der Waals surface area contributed by atoms with Crippen LogP contribution in [0.1, 0.15) is 0 Å². The van der Waals surface area contributed by atoms with Crippen LogP contribution in [0.5, 0.6) is 0 Å². The number of aromatic nitrogens is 3. The number of hydrogen-bond acceptors (Lipinski definition) is 3. The molecule has 0 saturated heterocycles. The Morgan fingerprint density at radius 3 is 2.56 bits per heavy atom. The van der Waals surface area contributed by atoms with Crippen LogP contribution in [0.2, 0.25) is 5.02 Å². The monoisotopic (exact) mass is 442 g/mol. The van der Waals surface area contributed by atoms with Gasteiger partial charge in [0.05, 0.1) is 21.2 Å². The highest BCUT2D eigenvalue weighted by molar-refractivity contribution is 9.10. The highest BCUT2D eigenvalue weighted by Gasteiger charge is 2.12. The Bertz CT molecular complexity index is 1200. The lowest BCUT2D eigenvalue weighted by molar-refractivity contribution is 0.870. The van der Waals surface area contributed by atoms with Gasteiger partial charge in [0.25, 0.3) is 0 Å². The fraction of sp³-hybridized carbons (Fsp3) is 0.100. The summed E-state index contributed by atoms with van der Waals surface area (Å²) in [6.45, 7) is 0. The number of nitrogens with zero attached hydrogens (tertiary/aromatic N) is 3. The first-order valence-corrected chi connectivity index (χ1v) is 9.44. The smallest absolute Gasteiger partial charge is 0.215 e. The zero-order valence-electron chi connectivity index (χ0n) is 14.7. The largest absolute Gasteiger partial charge is 0.378 e. The van der Waals surface area contributed by atoms with Crippen LogP contribution in [0, 0.1) is 0 Å². The van der Waals surface area contributed by atoms with Gasteiger partial charge in [-0.2, -0.15) is 5.10 Å². The van der Waals surface area contributed by atoms with E-state index < -0.39 is 0 Å². The SMILES string of the molecule is CN(C)c1ccc(-c2cc3c(=O)c(-n4cc(Br)cn4)c[nH]c3cc2Cl)cc1. The summed E-state index contributed by atoms with van der Waals surface area (Å²) in [5.41, 5.74) is 3.90. The number of benzene rings is 2. The predicted molar refractivity (Wildman–Crippen MR) is 114 cm³/mol. The third-order valence-corrected chi connectivity index (χ3v) is 5.16. The van der Waals surface area contributed by atoms with Gasteiger partial charge in [-0.3, -0.25) is 4.79 Å². The zero-order valence-corrected chi connectivity index (χ0v) is 17.0. The molecule has 136 valence electrons. The van der Waals surface area contributed by atoms with Gasteiger partial charge in [0, 0.05) is 43.1 Å². The molecule has 0 unspecified atom stereocenters. The minimum Gasteiger partial charge on any atom is -0.378 e. The molecule has 4 rings (SSSR count). The van der Waals surface area contributed by atoms with E-state index in [1.54, 1.807) is 29.3 Å². The van der Waals surface area contributed by atoms with E-state index in [0.29, 0.717) is 21.6 Å². The van der Waals surface area contributed by atoms with E-state index in [4.69, 9.17) is 11.6 Å². The maximum absolute atomic E-state index is 13.0. The molecule has 0 atom stereocenters. The van der Waals surface area contributed by atoms with Gasteiger partial charge in [0.1, 0.15) is 5.69 Å². The van der Waals surface area contributed by atoms with Crippen LogP contribution >= 0.6 is 27.5 Å². The lowest BCUT2D eigenvalue weighted by Gasteiger charge is -2.13. The Kier molecular flexibility index (Phi) is 4.53. The average molecular weight is 444 g/mol. The average Bonchev–Trinajstić information content (AvgIpc) is 3.08. The molecule has 2 aromatic carbocycles. The standard InChI is InChI=1S/C20H16BrClN4O/c1-25(2)14-5-3-12(4-6-14)15-7-16-18(8-17(15)22)23-10-19(20(16)27)26-11-13(21)9-24-26/h3-11H,1-2H3,(H,23,27). The van der Waals surface area contributed by atoms with Gasteiger partial charge in [0.2, 0.25) is 5.43 Å². The van der Waals surface area contributed by atoms with E-state index in [0.717, 1.165) is 21.3 Å². The van der Waals surface area contributed by atoms with Crippen LogP contribution in [0.15, 0.2) is 64.3 Å². The summed E-state index contributed by atoms with van der Waals surface area (Å²) in [5, 5.41) is 5.35. The van der Waals surface area contributed by atoms with Crippen LogP contribution in [0.25, 0.3) is 27.7 Å². The summed E-state index contributed by atoms with van der Waals surface area (Å²) in [5.74, 6) is 0. The third-order valence-electron chi connectivity index (χ3n) is 4.44. The number of halogens is 2. The van der Waals surface area contributed by atoms with Crippen LogP contribution < -0.4 is 10.3 Å². The fourth-order valence-electron chi connectivity index (χ4n) is 2.99. The normalized spacial score (nSPS) is 11.1. The molecule has 0 saturated carbocycles. The van der Waals surface area contributed by atoms with Crippen molar-refractivity contribution in [2.24, 2.45) is 0 Å². The molecule has 0 aliphatic carbocycles. The third kappa shape index (κ3) is 3.26. The first-order valence-electron chi connectivity index (χ1n) is 8.27. The van der Waals surface area contributed by atoms with Gasteiger partial charge in [0.15, 0.2) is 0 Å². The van der Waals surface area contributed by atoms with Crippen LogP contribution in [0.4, 0.5) is 5.69 Å². The number of aromatic amines is 1. The Morgan fingerprint density at radius 2 is 1.93 bits per heavy atom. The van der Waals surface area contributed by atoms with E-state index in [-0.39, 0.29) is 5.43 Å². The lowest BCUT2D eigenvalue weighted by Crippen LogP contribution is -2.13. The van der Waals surface area contributed by atoms with Crippen molar-refractivity contribution in [3.8, 4) is 16.8 Å². The van der Waals surface area contributed by atoms with Crippen molar-refractivity contribution >= 4 is 44.1 Å². The molecule has 0 spiro atoms. The van der Waals surface area contributed by atoms with E-state index in [2.05, 4.69) is 26.0 Å². The molecule has 0 radical (unpaired) electrons. The number of pyridine rings is 1. The molecule has 5 nitrogen and oxygen atoms in total. The van der Waals surface area contributed by atoms with Gasteiger partial charge in [-0.25, -0.2) is 4.68 Å². The van der Waals surface area contributed by atoms with Gasteiger partial charge >= 0.3 is 0 Å². The van der Waals surface area contributed by atoms with Crippen molar-refractivity contribution in [1.29, 1.82) is 0 Å². The molecule has 27 heavy (non-hydrogen) atoms. The number of rotatable bonds is 3. The number of hydrogen-bond donors (Lipinski definition) is 1. The van der Waals surface area contributed by atoms with Crippen molar-refractivity contribution in [2.75, 3.05) is 19.0 Å². The number of H-pyrrole nitrogens is 1. The van der Waals surface area contributed by atoms with Crippen LogP contribution in [0.3, 0.4) is 0 Å². The summed E-state index contributed by atoms with van der Waals surface area (Å²) in [6, 6.07) is 11.7. The second kappa shape index (κ2) is 6.87. The number of anilines is 1. The summed E-state index contributed by atoms with van der Waals surface area (Å²) >= 11 is 9.85. The highest BCUT2D eigenvalue weighted by atomic mass is 79.9. The molecular weight excluding hydrogens is 428 g/mol. The molecular formula is C20H16BrClN4O. The number of nitrogens with one attached hydrogen (secondary N) is 1. The second-order valence-electron chi connectivity index (χ2n) is 6.43. The van der Waals surface area contributed by atoms with Gasteiger partial charge in [-0.15, -0.1) is 0 Å². The summed E-state index contributed by atoms with van der Waals surface area (Å²) < 4.78 is 2.35. The van der Waals surface area contributed by atoms with Crippen molar-refractivity contribution in [1.82, 2.24) is 14.8 Å². The summed E-state index contributed by atoms with van der Waals surface area (Å²) in [6.07, 6.45) is 5.03. The van der Waals surface area contributed by atoms with Crippen molar-refractivity contribution in [3.63, 3.8) is 0 Å². The molecule has 1 N–H and O–H groups in total. The molecule has 0 aliphatic heterocycles. The van der Waals surface area contributed by atoms with Gasteiger partial charge in [-0.1, -0.05) is 23.7 Å². The zero-order chi connectivity index (χ0) is 19.1. The lowest BCUT2D eigenvalue weighted by atomic mass is 10.0. The van der Waals surface area contributed by atoms with Gasteiger partial charge < -0.3 is 9.88 Å². The summed E-state index contributed by atoms with van der Waals surface area (Å²) in [7, 11) is 3.99. The molecule has 2 heterocycles. The summed E-state index contributed by atoms with van der Waals surface area (Å²) in [4.78, 5) is 18.2. The van der Waals surface area contributed by atoms with Crippen molar-refractivity contribution < 1.29 is 0 Å². The van der Waals surface area contributed by atoms with Crippen molar-refractivity contribution in [3.05, 3.63) is 74.7 Å². The molecule has 0 fully saturated rings. The quantitative estimate of drug-likeness (QED) is 0.492. The number of fused-ring (bicyclic) bond motifs is 1. The maximum Gasteiger partial charge on any atom is 0.215 e. The Morgan fingerprint density at radius 1 is 1.19 bits per heavy atom. The molecule has 2 aromatic heterocycles. The first kappa shape index (κ1) is 17.8. The second-order valence-corrected chi connectivity index (χ2v) is 7.75. The first-order chi connectivity index (χ1) is 12.9. The Labute approximate surface area is 169 Å². The topological polar surface area (TPSA) is 53.9 Å². The fourth-order valence-corrected chi connectivity index (χ4v) is 3.55. The van der Waals surface area contributed by atoms with Crippen LogP contribution in [-0.4, -0.2) is 28.9 Å². The molecule has 0 amide bonds.